The molecule has 0 aliphatic rings. The molecular formula is C26H21BrF2IN5O. The Balaban J connectivity index is 1.58. The van der Waals surface area contributed by atoms with Crippen LogP contribution in [-0.4, -0.2) is 31.4 Å². The van der Waals surface area contributed by atoms with Gasteiger partial charge in [0.25, 0.3) is 0 Å². The largest absolute Gasteiger partial charge is 0.381 e. The predicted molar refractivity (Wildman–Crippen MR) is 146 cm³/mol. The lowest BCUT2D eigenvalue weighted by molar-refractivity contribution is 0.0182. The third-order valence-electron chi connectivity index (χ3n) is 6.06. The van der Waals surface area contributed by atoms with E-state index in [9.17, 15) is 9.50 Å². The van der Waals surface area contributed by atoms with E-state index < -0.39 is 17.2 Å². The van der Waals surface area contributed by atoms with Gasteiger partial charge in [-0.3, -0.25) is 0 Å². The number of aliphatic hydroxyl groups is 1. The number of halogens is 4. The standard InChI is InChI=1S/C26H21BrF2IN5O/c27-18-1-8-25-22(9-18)17(11-32-25)12-34(21-5-3-20(30)4-6-21)13-26(36,14-35-16-31-15-33-35)23-7-2-19(28)10-24(23)29/h1-11,15-16,32,36H,12-14H2. The van der Waals surface area contributed by atoms with Crippen LogP contribution in [0, 0.1) is 15.2 Å². The molecule has 0 saturated carbocycles. The van der Waals surface area contributed by atoms with Gasteiger partial charge < -0.3 is 15.0 Å². The van der Waals surface area contributed by atoms with E-state index in [4.69, 9.17) is 0 Å². The van der Waals surface area contributed by atoms with Crippen molar-refractivity contribution in [3.8, 4) is 0 Å². The summed E-state index contributed by atoms with van der Waals surface area (Å²) in [5.41, 5.74) is 1.07. The van der Waals surface area contributed by atoms with Crippen LogP contribution in [0.25, 0.3) is 10.9 Å². The SMILES string of the molecule is OC(CN(Cc1c[nH]c2ccc(Br)cc12)c1ccc(I)cc1)(Cn1cncn1)c1ccc(F)cc1F. The van der Waals surface area contributed by atoms with Crippen LogP contribution in [0.2, 0.25) is 0 Å². The molecule has 0 aliphatic carbocycles. The Morgan fingerprint density at radius 3 is 2.61 bits per heavy atom. The van der Waals surface area contributed by atoms with Crippen molar-refractivity contribution in [3.05, 3.63) is 110 Å². The number of aromatic nitrogens is 4. The van der Waals surface area contributed by atoms with E-state index in [0.717, 1.165) is 42.3 Å². The molecular weight excluding hydrogens is 643 g/mol. The average molecular weight is 664 g/mol. The highest BCUT2D eigenvalue weighted by atomic mass is 127. The van der Waals surface area contributed by atoms with Gasteiger partial charge in [0, 0.05) is 49.0 Å². The van der Waals surface area contributed by atoms with Gasteiger partial charge in [0.2, 0.25) is 0 Å². The molecule has 0 bridgehead atoms. The Morgan fingerprint density at radius 2 is 1.89 bits per heavy atom. The minimum Gasteiger partial charge on any atom is -0.381 e. The van der Waals surface area contributed by atoms with Crippen LogP contribution in [-0.2, 0) is 18.7 Å². The lowest BCUT2D eigenvalue weighted by Crippen LogP contribution is -2.44. The van der Waals surface area contributed by atoms with Crippen LogP contribution >= 0.6 is 38.5 Å². The Hall–Kier alpha value is -2.83. The molecule has 10 heteroatoms. The van der Waals surface area contributed by atoms with Crippen molar-refractivity contribution >= 4 is 55.1 Å². The summed E-state index contributed by atoms with van der Waals surface area (Å²) in [6, 6.07) is 17.1. The Morgan fingerprint density at radius 1 is 1.08 bits per heavy atom. The number of nitrogens with one attached hydrogen (secondary N) is 1. The van der Waals surface area contributed by atoms with E-state index in [1.54, 1.807) is 0 Å². The van der Waals surface area contributed by atoms with Crippen molar-refractivity contribution in [2.75, 3.05) is 11.4 Å². The van der Waals surface area contributed by atoms with Gasteiger partial charge in [-0.1, -0.05) is 22.0 Å². The van der Waals surface area contributed by atoms with Crippen molar-refractivity contribution in [2.24, 2.45) is 0 Å². The topological polar surface area (TPSA) is 70.0 Å². The molecule has 5 aromatic rings. The van der Waals surface area contributed by atoms with Crippen LogP contribution in [0.4, 0.5) is 14.5 Å². The lowest BCUT2D eigenvalue weighted by atomic mass is 9.91. The number of hydrogen-bond acceptors (Lipinski definition) is 4. The molecule has 36 heavy (non-hydrogen) atoms. The molecule has 6 nitrogen and oxygen atoms in total. The van der Waals surface area contributed by atoms with E-state index in [0.29, 0.717) is 6.54 Å². The zero-order valence-electron chi connectivity index (χ0n) is 18.9. The number of H-pyrrole nitrogens is 1. The van der Waals surface area contributed by atoms with Gasteiger partial charge in [-0.2, -0.15) is 5.10 Å². The first kappa shape index (κ1) is 24.8. The van der Waals surface area contributed by atoms with Gasteiger partial charge in [-0.25, -0.2) is 18.4 Å². The second-order valence-electron chi connectivity index (χ2n) is 8.59. The molecule has 5 rings (SSSR count). The minimum atomic E-state index is -1.75. The monoisotopic (exact) mass is 663 g/mol. The highest BCUT2D eigenvalue weighted by Crippen LogP contribution is 2.32. The van der Waals surface area contributed by atoms with Gasteiger partial charge >= 0.3 is 0 Å². The number of anilines is 1. The molecule has 0 saturated heterocycles. The summed E-state index contributed by atoms with van der Waals surface area (Å²) in [7, 11) is 0. The molecule has 2 N–H and O–H groups in total. The Labute approximate surface area is 228 Å². The first-order valence-corrected chi connectivity index (χ1v) is 12.9. The highest BCUT2D eigenvalue weighted by Gasteiger charge is 2.36. The third-order valence-corrected chi connectivity index (χ3v) is 7.27. The molecule has 2 aromatic heterocycles. The van der Waals surface area contributed by atoms with Crippen molar-refractivity contribution in [2.45, 2.75) is 18.7 Å². The van der Waals surface area contributed by atoms with Gasteiger partial charge in [0.15, 0.2) is 0 Å². The summed E-state index contributed by atoms with van der Waals surface area (Å²) in [4.78, 5) is 9.23. The summed E-state index contributed by atoms with van der Waals surface area (Å²) >= 11 is 5.78. The summed E-state index contributed by atoms with van der Waals surface area (Å²) in [6.07, 6.45) is 4.74. The number of hydrogen-bond donors (Lipinski definition) is 2. The summed E-state index contributed by atoms with van der Waals surface area (Å²) < 4.78 is 32.2. The number of benzene rings is 3. The minimum absolute atomic E-state index is 0.0106. The molecule has 1 unspecified atom stereocenters. The fourth-order valence-electron chi connectivity index (χ4n) is 4.36. The first-order chi connectivity index (χ1) is 17.3. The molecule has 2 heterocycles. The van der Waals surface area contributed by atoms with Gasteiger partial charge in [0.1, 0.15) is 29.9 Å². The van der Waals surface area contributed by atoms with Crippen LogP contribution in [0.3, 0.4) is 0 Å². The summed E-state index contributed by atoms with van der Waals surface area (Å²) in [5, 5.41) is 17.1. The molecule has 1 atom stereocenters. The smallest absolute Gasteiger partial charge is 0.137 e. The predicted octanol–water partition coefficient (Wildman–Crippen LogP) is 6.00. The van der Waals surface area contributed by atoms with Crippen LogP contribution in [0.1, 0.15) is 11.1 Å². The van der Waals surface area contributed by atoms with E-state index in [1.807, 2.05) is 53.6 Å². The quantitative estimate of drug-likeness (QED) is 0.200. The maximum absolute atomic E-state index is 15.0. The number of rotatable bonds is 8. The first-order valence-electron chi connectivity index (χ1n) is 11.1. The van der Waals surface area contributed by atoms with E-state index in [-0.39, 0.29) is 18.7 Å². The lowest BCUT2D eigenvalue weighted by Gasteiger charge is -2.36. The highest BCUT2D eigenvalue weighted by molar-refractivity contribution is 14.1. The van der Waals surface area contributed by atoms with Gasteiger partial charge in [-0.15, -0.1) is 0 Å². The zero-order chi connectivity index (χ0) is 25.3. The molecule has 0 fully saturated rings. The maximum Gasteiger partial charge on any atom is 0.137 e. The van der Waals surface area contributed by atoms with Crippen molar-refractivity contribution in [1.29, 1.82) is 0 Å². The normalized spacial score (nSPS) is 13.1. The van der Waals surface area contributed by atoms with Crippen LogP contribution in [0.5, 0.6) is 0 Å². The van der Waals surface area contributed by atoms with Crippen molar-refractivity contribution < 1.29 is 13.9 Å². The number of aromatic amines is 1. The van der Waals surface area contributed by atoms with Crippen molar-refractivity contribution in [3.63, 3.8) is 0 Å². The molecule has 0 radical (unpaired) electrons. The molecule has 0 spiro atoms. The Kier molecular flexibility index (Phi) is 7.09. The third kappa shape index (κ3) is 5.30. The van der Waals surface area contributed by atoms with E-state index in [2.05, 4.69) is 53.6 Å². The fourth-order valence-corrected chi connectivity index (χ4v) is 5.08. The zero-order valence-corrected chi connectivity index (χ0v) is 22.6. The second kappa shape index (κ2) is 10.3. The van der Waals surface area contributed by atoms with Gasteiger partial charge in [-0.05, 0) is 76.7 Å². The van der Waals surface area contributed by atoms with Crippen molar-refractivity contribution in [1.82, 2.24) is 19.7 Å². The van der Waals surface area contributed by atoms with Crippen LogP contribution in [0.15, 0.2) is 84.0 Å². The second-order valence-corrected chi connectivity index (χ2v) is 10.7. The number of nitrogens with zero attached hydrogens (tertiary/aromatic N) is 4. The van der Waals surface area contributed by atoms with Gasteiger partial charge in [0.05, 0.1) is 13.1 Å². The summed E-state index contributed by atoms with van der Waals surface area (Å²) in [6.45, 7) is 0.367. The maximum atomic E-state index is 15.0. The molecule has 3 aromatic carbocycles. The number of fused-ring (bicyclic) bond motifs is 1. The molecule has 0 amide bonds. The van der Waals surface area contributed by atoms with E-state index >= 15 is 4.39 Å². The average Bonchev–Trinajstić information content (AvgIpc) is 3.49. The molecule has 0 aliphatic heterocycles. The fraction of sp³-hybridized carbons (Fsp3) is 0.154. The van der Waals surface area contributed by atoms with E-state index in [1.165, 1.54) is 23.4 Å². The summed E-state index contributed by atoms with van der Waals surface area (Å²) in [5.74, 6) is -1.53. The molecule has 184 valence electrons. The van der Waals surface area contributed by atoms with Crippen LogP contribution < -0.4 is 4.90 Å². The Bertz CT molecular complexity index is 1490.